The summed E-state index contributed by atoms with van der Waals surface area (Å²) in [6.45, 7) is 4.05. The molecule has 28 heavy (non-hydrogen) atoms. The van der Waals surface area contributed by atoms with Gasteiger partial charge in [0.1, 0.15) is 11.8 Å². The monoisotopic (exact) mass is 424 g/mol. The minimum Gasteiger partial charge on any atom is -0.495 e. The number of halogens is 1. The van der Waals surface area contributed by atoms with Crippen molar-refractivity contribution in [1.82, 2.24) is 5.32 Å². The van der Waals surface area contributed by atoms with Crippen LogP contribution in [0, 0.1) is 6.92 Å². The number of benzene rings is 2. The zero-order valence-corrected chi connectivity index (χ0v) is 18.0. The number of nitrogens with zero attached hydrogens (tertiary/aromatic N) is 1. The molecule has 1 unspecified atom stereocenters. The predicted molar refractivity (Wildman–Crippen MR) is 112 cm³/mol. The molecular weight excluding hydrogens is 400 g/mol. The molecule has 0 aliphatic carbocycles. The van der Waals surface area contributed by atoms with E-state index in [0.717, 1.165) is 21.7 Å². The molecule has 8 heteroatoms. The molecule has 0 spiro atoms. The highest BCUT2D eigenvalue weighted by molar-refractivity contribution is 7.92. The van der Waals surface area contributed by atoms with Crippen molar-refractivity contribution in [2.45, 2.75) is 32.9 Å². The molecule has 0 heterocycles. The Morgan fingerprint density at radius 1 is 1.25 bits per heavy atom. The molecule has 0 radical (unpaired) electrons. The van der Waals surface area contributed by atoms with Gasteiger partial charge in [-0.25, -0.2) is 8.42 Å². The molecule has 6 nitrogen and oxygen atoms in total. The van der Waals surface area contributed by atoms with Crippen molar-refractivity contribution in [3.05, 3.63) is 58.6 Å². The molecule has 0 bridgehead atoms. The van der Waals surface area contributed by atoms with Crippen LogP contribution in [0.2, 0.25) is 5.02 Å². The van der Waals surface area contributed by atoms with Crippen LogP contribution in [0.15, 0.2) is 42.5 Å². The smallest absolute Gasteiger partial charge is 0.244 e. The number of hydrogen-bond acceptors (Lipinski definition) is 4. The van der Waals surface area contributed by atoms with Gasteiger partial charge < -0.3 is 10.1 Å². The van der Waals surface area contributed by atoms with Crippen molar-refractivity contribution in [2.24, 2.45) is 0 Å². The van der Waals surface area contributed by atoms with E-state index in [1.807, 2.05) is 31.2 Å². The minimum absolute atomic E-state index is 0.267. The molecule has 1 atom stereocenters. The number of amides is 1. The predicted octanol–water partition coefficient (Wildman–Crippen LogP) is 3.52. The lowest BCUT2D eigenvalue weighted by atomic mass is 10.1. The van der Waals surface area contributed by atoms with E-state index in [1.54, 1.807) is 19.1 Å². The molecule has 2 aromatic carbocycles. The number of aryl methyl sites for hydroxylation is 1. The molecule has 2 aromatic rings. The van der Waals surface area contributed by atoms with Gasteiger partial charge in [-0.2, -0.15) is 0 Å². The van der Waals surface area contributed by atoms with E-state index >= 15 is 0 Å². The van der Waals surface area contributed by atoms with Crippen molar-refractivity contribution < 1.29 is 17.9 Å². The largest absolute Gasteiger partial charge is 0.495 e. The number of carbonyl (C=O) groups is 1. The Hall–Kier alpha value is -2.25. The molecule has 0 aromatic heterocycles. The molecule has 1 amide bonds. The average Bonchev–Trinajstić information content (AvgIpc) is 2.64. The van der Waals surface area contributed by atoms with E-state index in [0.29, 0.717) is 24.4 Å². The van der Waals surface area contributed by atoms with E-state index in [2.05, 4.69) is 5.32 Å². The van der Waals surface area contributed by atoms with Gasteiger partial charge in [0.2, 0.25) is 15.9 Å². The van der Waals surface area contributed by atoms with Crippen LogP contribution in [0.4, 0.5) is 5.69 Å². The van der Waals surface area contributed by atoms with E-state index < -0.39 is 16.1 Å². The van der Waals surface area contributed by atoms with Crippen molar-refractivity contribution in [1.29, 1.82) is 0 Å². The highest BCUT2D eigenvalue weighted by Gasteiger charge is 2.31. The van der Waals surface area contributed by atoms with Crippen LogP contribution >= 0.6 is 11.6 Å². The maximum atomic E-state index is 12.9. The number of methoxy groups -OCH3 is 1. The lowest BCUT2D eigenvalue weighted by Gasteiger charge is -2.30. The Balaban J connectivity index is 2.31. The summed E-state index contributed by atoms with van der Waals surface area (Å²) in [5.41, 5.74) is 2.34. The number of hydrogen-bond donors (Lipinski definition) is 1. The summed E-state index contributed by atoms with van der Waals surface area (Å²) in [5, 5.41) is 3.12. The van der Waals surface area contributed by atoms with Crippen LogP contribution in [0.3, 0.4) is 0 Å². The molecular formula is C20H25ClN2O4S. The fourth-order valence-corrected chi connectivity index (χ4v) is 4.42. The number of ether oxygens (including phenoxy) is 1. The van der Waals surface area contributed by atoms with Gasteiger partial charge >= 0.3 is 0 Å². The molecule has 0 saturated carbocycles. The van der Waals surface area contributed by atoms with Crippen LogP contribution < -0.4 is 14.4 Å². The lowest BCUT2D eigenvalue weighted by Crippen LogP contribution is -2.49. The average molecular weight is 425 g/mol. The van der Waals surface area contributed by atoms with Gasteiger partial charge in [-0.1, -0.05) is 42.8 Å². The molecule has 0 fully saturated rings. The number of rotatable bonds is 8. The summed E-state index contributed by atoms with van der Waals surface area (Å²) in [5.74, 6) is 0.0547. The van der Waals surface area contributed by atoms with Crippen LogP contribution in [0.25, 0.3) is 0 Å². The summed E-state index contributed by atoms with van der Waals surface area (Å²) < 4.78 is 31.2. The quantitative estimate of drug-likeness (QED) is 0.703. The number of sulfonamides is 1. The molecule has 0 saturated heterocycles. The lowest BCUT2D eigenvalue weighted by molar-refractivity contribution is -0.122. The third kappa shape index (κ3) is 5.17. The summed E-state index contributed by atoms with van der Waals surface area (Å²) in [6, 6.07) is 11.4. The van der Waals surface area contributed by atoms with Gasteiger partial charge in [0.05, 0.1) is 24.1 Å². The second kappa shape index (κ2) is 9.30. The maximum absolute atomic E-state index is 12.9. The normalized spacial score (nSPS) is 12.3. The summed E-state index contributed by atoms with van der Waals surface area (Å²) in [6.07, 6.45) is 1.37. The highest BCUT2D eigenvalue weighted by atomic mass is 35.5. The van der Waals surface area contributed by atoms with E-state index in [1.165, 1.54) is 13.2 Å². The van der Waals surface area contributed by atoms with Gasteiger partial charge in [-0.3, -0.25) is 9.10 Å². The van der Waals surface area contributed by atoms with E-state index in [-0.39, 0.29) is 10.9 Å². The van der Waals surface area contributed by atoms with Gasteiger partial charge in [0.15, 0.2) is 0 Å². The van der Waals surface area contributed by atoms with Gasteiger partial charge in [0.25, 0.3) is 0 Å². The number of nitrogens with one attached hydrogen (secondary N) is 1. The van der Waals surface area contributed by atoms with Crippen molar-refractivity contribution in [2.75, 3.05) is 17.7 Å². The van der Waals surface area contributed by atoms with Gasteiger partial charge in [-0.15, -0.1) is 0 Å². The maximum Gasteiger partial charge on any atom is 0.244 e. The first-order valence-corrected chi connectivity index (χ1v) is 11.1. The fourth-order valence-electron chi connectivity index (χ4n) is 2.96. The molecule has 0 aliphatic rings. The zero-order valence-electron chi connectivity index (χ0n) is 16.4. The van der Waals surface area contributed by atoms with Gasteiger partial charge in [0, 0.05) is 6.54 Å². The Bertz CT molecular complexity index is 947. The zero-order chi connectivity index (χ0) is 20.9. The van der Waals surface area contributed by atoms with Crippen LogP contribution in [0.1, 0.15) is 24.5 Å². The van der Waals surface area contributed by atoms with Gasteiger partial charge in [-0.05, 0) is 42.7 Å². The second-order valence-corrected chi connectivity index (χ2v) is 8.71. The minimum atomic E-state index is -3.73. The Labute approximate surface area is 171 Å². The Morgan fingerprint density at radius 2 is 1.93 bits per heavy atom. The third-order valence-corrected chi connectivity index (χ3v) is 5.91. The first-order chi connectivity index (χ1) is 13.2. The van der Waals surface area contributed by atoms with Crippen molar-refractivity contribution >= 4 is 33.2 Å². The molecule has 1 N–H and O–H groups in total. The molecule has 152 valence electrons. The Kier molecular flexibility index (Phi) is 7.32. The highest BCUT2D eigenvalue weighted by Crippen LogP contribution is 2.31. The topological polar surface area (TPSA) is 75.7 Å². The number of carbonyl (C=O) groups excluding carboxylic acids is 1. The van der Waals surface area contributed by atoms with E-state index in [4.69, 9.17) is 16.3 Å². The van der Waals surface area contributed by atoms with Crippen LogP contribution in [-0.4, -0.2) is 33.7 Å². The van der Waals surface area contributed by atoms with Crippen molar-refractivity contribution in [3.8, 4) is 5.75 Å². The first kappa shape index (κ1) is 22.0. The molecule has 2 rings (SSSR count). The Morgan fingerprint density at radius 3 is 2.46 bits per heavy atom. The van der Waals surface area contributed by atoms with Crippen LogP contribution in [0.5, 0.6) is 5.75 Å². The van der Waals surface area contributed by atoms with Crippen molar-refractivity contribution in [3.63, 3.8) is 0 Å². The summed E-state index contributed by atoms with van der Waals surface area (Å²) in [7, 11) is -2.25. The van der Waals surface area contributed by atoms with E-state index in [9.17, 15) is 13.2 Å². The second-order valence-electron chi connectivity index (χ2n) is 6.45. The molecule has 0 aliphatic heterocycles. The SMILES string of the molecule is CCC(C(=O)NCc1ccccc1C)N(c1ccc(OC)c(Cl)c1)S(C)(=O)=O. The summed E-state index contributed by atoms with van der Waals surface area (Å²) in [4.78, 5) is 12.9. The fraction of sp³-hybridized carbons (Fsp3) is 0.350. The number of anilines is 1. The first-order valence-electron chi connectivity index (χ1n) is 8.84. The summed E-state index contributed by atoms with van der Waals surface area (Å²) >= 11 is 6.16. The van der Waals surface area contributed by atoms with Crippen LogP contribution in [-0.2, 0) is 21.4 Å². The standard InChI is InChI=1S/C20H25ClN2O4S/c1-5-18(20(24)22-13-15-9-7-6-8-14(15)2)23(28(4,25)26)16-10-11-19(27-3)17(21)12-16/h6-12,18H,5,13H2,1-4H3,(H,22,24). The third-order valence-electron chi connectivity index (χ3n) is 4.43.